The molecule has 0 aromatic heterocycles. The van der Waals surface area contributed by atoms with E-state index in [0.29, 0.717) is 5.69 Å². The molecule has 0 saturated heterocycles. The van der Waals surface area contributed by atoms with Gasteiger partial charge in [0.2, 0.25) is 0 Å². The van der Waals surface area contributed by atoms with Gasteiger partial charge in [-0.2, -0.15) is 13.2 Å². The van der Waals surface area contributed by atoms with Crippen molar-refractivity contribution in [3.05, 3.63) is 76.5 Å². The molecular weight excluding hydrogens is 395 g/mol. The van der Waals surface area contributed by atoms with Crippen molar-refractivity contribution in [2.24, 2.45) is 0 Å². The third kappa shape index (κ3) is 4.48. The summed E-state index contributed by atoms with van der Waals surface area (Å²) in [5.41, 5.74) is 1.27. The predicted molar refractivity (Wildman–Crippen MR) is 108 cm³/mol. The summed E-state index contributed by atoms with van der Waals surface area (Å²) in [5, 5.41) is 7.93. The second kappa shape index (κ2) is 8.22. The number of carbonyl (C=O) groups excluding carboxylic acids is 2. The highest BCUT2D eigenvalue weighted by molar-refractivity contribution is 6.07. The van der Waals surface area contributed by atoms with Crippen molar-refractivity contribution in [3.63, 3.8) is 0 Å². The number of hydrogen-bond acceptors (Lipinski definition) is 2. The van der Waals surface area contributed by atoms with Crippen LogP contribution in [0.1, 0.15) is 49.4 Å². The molecule has 8 heteroatoms. The number of anilines is 1. The first-order valence-electron chi connectivity index (χ1n) is 9.43. The molecular formula is C22H22F3N3O2. The van der Waals surface area contributed by atoms with E-state index in [1.165, 1.54) is 12.1 Å². The summed E-state index contributed by atoms with van der Waals surface area (Å²) < 4.78 is 39.5. The van der Waals surface area contributed by atoms with Crippen molar-refractivity contribution >= 4 is 17.6 Å². The van der Waals surface area contributed by atoms with Crippen LogP contribution in [0.15, 0.2) is 59.8 Å². The van der Waals surface area contributed by atoms with E-state index >= 15 is 0 Å². The number of carbonyl (C=O) groups is 2. The maximum absolute atomic E-state index is 13.2. The summed E-state index contributed by atoms with van der Waals surface area (Å²) in [4.78, 5) is 25.1. The van der Waals surface area contributed by atoms with Crippen molar-refractivity contribution < 1.29 is 22.8 Å². The van der Waals surface area contributed by atoms with Gasteiger partial charge in [0.05, 0.1) is 17.2 Å². The molecule has 3 amide bonds. The molecule has 5 nitrogen and oxygen atoms in total. The first-order chi connectivity index (χ1) is 14.1. The Kier molecular flexibility index (Phi) is 5.87. The molecule has 0 fully saturated rings. The monoisotopic (exact) mass is 417 g/mol. The minimum absolute atomic E-state index is 0.146. The van der Waals surface area contributed by atoms with Gasteiger partial charge in [-0.1, -0.05) is 44.2 Å². The Morgan fingerprint density at radius 2 is 1.80 bits per heavy atom. The second-order valence-electron chi connectivity index (χ2n) is 7.39. The number of halogens is 3. The fourth-order valence-electron chi connectivity index (χ4n) is 3.44. The number of urea groups is 1. The molecule has 3 N–H and O–H groups in total. The lowest BCUT2D eigenvalue weighted by Gasteiger charge is -2.29. The van der Waals surface area contributed by atoms with Crippen LogP contribution in [0.5, 0.6) is 0 Å². The number of benzene rings is 2. The fraction of sp³-hybridized carbons (Fsp3) is 0.273. The molecule has 0 spiro atoms. The zero-order chi connectivity index (χ0) is 22.1. The number of allylic oxidation sites excluding steroid dienone is 1. The number of hydrogen-bond donors (Lipinski definition) is 3. The average Bonchev–Trinajstić information content (AvgIpc) is 2.67. The minimum Gasteiger partial charge on any atom is -0.327 e. The lowest BCUT2D eigenvalue weighted by molar-refractivity contribution is -0.137. The quantitative estimate of drug-likeness (QED) is 0.648. The van der Waals surface area contributed by atoms with Crippen LogP contribution >= 0.6 is 0 Å². The Bertz CT molecular complexity index is 1010. The third-order valence-corrected chi connectivity index (χ3v) is 4.89. The van der Waals surface area contributed by atoms with Crippen molar-refractivity contribution in [2.45, 2.75) is 38.9 Å². The fourth-order valence-corrected chi connectivity index (χ4v) is 3.44. The highest BCUT2D eigenvalue weighted by Gasteiger charge is 2.35. The van der Waals surface area contributed by atoms with Crippen LogP contribution in [-0.2, 0) is 11.0 Å². The Balaban J connectivity index is 2.00. The van der Waals surface area contributed by atoms with Crippen molar-refractivity contribution in [1.82, 2.24) is 10.6 Å². The molecule has 2 aromatic carbocycles. The largest absolute Gasteiger partial charge is 0.416 e. The van der Waals surface area contributed by atoms with Gasteiger partial charge in [0.1, 0.15) is 0 Å². The summed E-state index contributed by atoms with van der Waals surface area (Å²) in [7, 11) is 0. The zero-order valence-corrected chi connectivity index (χ0v) is 16.7. The molecule has 0 bridgehead atoms. The van der Waals surface area contributed by atoms with Crippen LogP contribution in [0.25, 0.3) is 0 Å². The van der Waals surface area contributed by atoms with Gasteiger partial charge in [-0.05, 0) is 42.2 Å². The number of amides is 3. The van der Waals surface area contributed by atoms with Crippen LogP contribution in [-0.4, -0.2) is 11.9 Å². The standard InChI is InChI=1S/C22H22F3N3O2/c1-12(2)16-9-4-5-10-17(16)27-20(29)18-13(3)26-21(30)28-19(18)14-7-6-8-15(11-14)22(23,24)25/h4-12,19H,1-3H3,(H,27,29)(H2,26,28,30)/t19-/m1/s1. The predicted octanol–water partition coefficient (Wildman–Crippen LogP) is 5.10. The lowest BCUT2D eigenvalue weighted by atomic mass is 9.93. The number of nitrogens with one attached hydrogen (secondary N) is 3. The van der Waals surface area contributed by atoms with Gasteiger partial charge in [0.15, 0.2) is 0 Å². The van der Waals surface area contributed by atoms with Crippen LogP contribution in [0.3, 0.4) is 0 Å². The molecule has 1 aliphatic heterocycles. The number of alkyl halides is 3. The molecule has 2 aromatic rings. The molecule has 1 heterocycles. The summed E-state index contributed by atoms with van der Waals surface area (Å²) in [5.74, 6) is -0.351. The second-order valence-corrected chi connectivity index (χ2v) is 7.39. The van der Waals surface area contributed by atoms with Crippen LogP contribution in [0, 0.1) is 0 Å². The SMILES string of the molecule is CC1=C(C(=O)Nc2ccccc2C(C)C)[C@@H](c2cccc(C(F)(F)F)c2)NC(=O)N1. The summed E-state index contributed by atoms with van der Waals surface area (Å²) in [6, 6.07) is 10.3. The van der Waals surface area contributed by atoms with Crippen molar-refractivity contribution in [3.8, 4) is 0 Å². The normalized spacial score (nSPS) is 16.9. The van der Waals surface area contributed by atoms with Crippen LogP contribution in [0.4, 0.5) is 23.7 Å². The molecule has 0 unspecified atom stereocenters. The van der Waals surface area contributed by atoms with E-state index in [0.717, 1.165) is 17.7 Å². The maximum atomic E-state index is 13.2. The average molecular weight is 417 g/mol. The highest BCUT2D eigenvalue weighted by atomic mass is 19.4. The highest BCUT2D eigenvalue weighted by Crippen LogP contribution is 2.34. The first kappa shape index (κ1) is 21.4. The van der Waals surface area contributed by atoms with Gasteiger partial charge < -0.3 is 16.0 Å². The smallest absolute Gasteiger partial charge is 0.327 e. The van der Waals surface area contributed by atoms with Gasteiger partial charge in [-0.3, -0.25) is 4.79 Å². The molecule has 0 saturated carbocycles. The van der Waals surface area contributed by atoms with E-state index in [9.17, 15) is 22.8 Å². The molecule has 3 rings (SSSR count). The molecule has 1 atom stereocenters. The maximum Gasteiger partial charge on any atom is 0.416 e. The van der Waals surface area contributed by atoms with Crippen molar-refractivity contribution in [2.75, 3.05) is 5.32 Å². The van der Waals surface area contributed by atoms with Gasteiger partial charge in [-0.15, -0.1) is 0 Å². The first-order valence-corrected chi connectivity index (χ1v) is 9.43. The Labute approximate surface area is 172 Å². The Morgan fingerprint density at radius 3 is 2.47 bits per heavy atom. The van der Waals surface area contributed by atoms with Crippen molar-refractivity contribution in [1.29, 1.82) is 0 Å². The summed E-state index contributed by atoms with van der Waals surface area (Å²) in [6.45, 7) is 5.52. The molecule has 0 radical (unpaired) electrons. The summed E-state index contributed by atoms with van der Waals surface area (Å²) >= 11 is 0. The molecule has 30 heavy (non-hydrogen) atoms. The lowest BCUT2D eigenvalue weighted by Crippen LogP contribution is -2.46. The number of para-hydroxylation sites is 1. The third-order valence-electron chi connectivity index (χ3n) is 4.89. The van der Waals surface area contributed by atoms with Gasteiger partial charge in [0.25, 0.3) is 5.91 Å². The van der Waals surface area contributed by atoms with E-state index in [1.807, 2.05) is 26.0 Å². The Morgan fingerprint density at radius 1 is 1.10 bits per heavy atom. The molecule has 158 valence electrons. The zero-order valence-electron chi connectivity index (χ0n) is 16.7. The van der Waals surface area contributed by atoms with Gasteiger partial charge in [0, 0.05) is 11.4 Å². The number of rotatable bonds is 4. The van der Waals surface area contributed by atoms with Gasteiger partial charge in [-0.25, -0.2) is 4.79 Å². The van der Waals surface area contributed by atoms with Crippen LogP contribution in [0.2, 0.25) is 0 Å². The van der Waals surface area contributed by atoms with E-state index in [-0.39, 0.29) is 22.8 Å². The van der Waals surface area contributed by atoms with E-state index < -0.39 is 29.7 Å². The summed E-state index contributed by atoms with van der Waals surface area (Å²) in [6.07, 6.45) is -4.54. The van der Waals surface area contributed by atoms with E-state index in [2.05, 4.69) is 16.0 Å². The van der Waals surface area contributed by atoms with Gasteiger partial charge >= 0.3 is 12.2 Å². The Hall–Kier alpha value is -3.29. The molecule has 0 aliphatic carbocycles. The van der Waals surface area contributed by atoms with E-state index in [1.54, 1.807) is 19.1 Å². The van der Waals surface area contributed by atoms with E-state index in [4.69, 9.17) is 0 Å². The van der Waals surface area contributed by atoms with Crippen LogP contribution < -0.4 is 16.0 Å². The minimum atomic E-state index is -4.54. The topological polar surface area (TPSA) is 70.2 Å². The molecule has 1 aliphatic rings.